The molecule has 6 atom stereocenters. The van der Waals surface area contributed by atoms with E-state index >= 15 is 0 Å². The molecule has 2 saturated carbocycles. The van der Waals surface area contributed by atoms with E-state index in [9.17, 15) is 20.1 Å². The van der Waals surface area contributed by atoms with Crippen molar-refractivity contribution in [2.24, 2.45) is 22.7 Å². The average Bonchev–Trinajstić information content (AvgIpc) is 2.89. The van der Waals surface area contributed by atoms with Crippen LogP contribution in [0.15, 0.2) is 23.8 Å². The lowest BCUT2D eigenvalue weighted by molar-refractivity contribution is -0.151. The van der Waals surface area contributed by atoms with Gasteiger partial charge in [0.1, 0.15) is 12.7 Å². The summed E-state index contributed by atoms with van der Waals surface area (Å²) in [4.78, 5) is 11.8. The predicted octanol–water partition coefficient (Wildman–Crippen LogP) is 1.96. The summed E-state index contributed by atoms with van der Waals surface area (Å²) in [6, 6.07) is 0. The van der Waals surface area contributed by atoms with E-state index in [0.29, 0.717) is 18.4 Å². The Morgan fingerprint density at radius 1 is 1.32 bits per heavy atom. The second-order valence-electron chi connectivity index (χ2n) is 8.54. The summed E-state index contributed by atoms with van der Waals surface area (Å²) in [5.41, 5.74) is 0.911. The van der Waals surface area contributed by atoms with E-state index in [0.717, 1.165) is 24.8 Å². The molecule has 3 N–H and O–H groups in total. The highest BCUT2D eigenvalue weighted by Crippen LogP contribution is 2.61. The number of cyclic esters (lactones) is 1. The number of hydrogen-bond donors (Lipinski definition) is 3. The molecule has 140 valence electrons. The van der Waals surface area contributed by atoms with Crippen molar-refractivity contribution >= 4 is 5.97 Å². The number of aliphatic hydroxyl groups excluding tert-OH is 3. The molecule has 1 saturated heterocycles. The number of rotatable bonds is 3. The molecule has 2 aliphatic carbocycles. The molecule has 0 radical (unpaired) electrons. The number of esters is 1. The summed E-state index contributed by atoms with van der Waals surface area (Å²) in [5.74, 6) is -0.0734. The molecule has 0 spiro atoms. The molecule has 1 heterocycles. The van der Waals surface area contributed by atoms with Gasteiger partial charge < -0.3 is 20.1 Å². The first kappa shape index (κ1) is 18.6. The van der Waals surface area contributed by atoms with Crippen molar-refractivity contribution < 1.29 is 24.9 Å². The fourth-order valence-corrected chi connectivity index (χ4v) is 5.56. The molecule has 3 rings (SSSR count). The zero-order chi connectivity index (χ0) is 18.4. The molecule has 0 aromatic rings. The third-order valence-corrected chi connectivity index (χ3v) is 7.23. The second-order valence-corrected chi connectivity index (χ2v) is 8.54. The average molecular weight is 350 g/mol. The second kappa shape index (κ2) is 6.53. The molecule has 0 aromatic carbocycles. The van der Waals surface area contributed by atoms with Crippen LogP contribution in [-0.2, 0) is 9.53 Å². The van der Waals surface area contributed by atoms with Gasteiger partial charge in [0.15, 0.2) is 0 Å². The maximum Gasteiger partial charge on any atom is 0.336 e. The number of aliphatic hydroxyl groups is 3. The van der Waals surface area contributed by atoms with Crippen LogP contribution in [0.3, 0.4) is 0 Å². The third kappa shape index (κ3) is 2.86. The molecule has 0 unspecified atom stereocenters. The molecular weight excluding hydrogens is 320 g/mol. The Kier molecular flexibility index (Phi) is 4.86. The van der Waals surface area contributed by atoms with E-state index < -0.39 is 23.6 Å². The molecule has 25 heavy (non-hydrogen) atoms. The van der Waals surface area contributed by atoms with Crippen molar-refractivity contribution in [3.05, 3.63) is 23.8 Å². The van der Waals surface area contributed by atoms with Gasteiger partial charge in [-0.1, -0.05) is 32.1 Å². The standard InChI is InChI=1S/C20H30O5/c1-12-4-7-16-19(2,9-8-17(23)20(16,3)11-21)14(12)6-5-13-15(22)10-25-18(13)24/h5,14-17,21-23H,1,4,6-11H2,2-3H3/b13-5+/t14-,15+,16+,17+,19+,20+/m1/s1. The normalized spacial score (nSPS) is 46.2. The van der Waals surface area contributed by atoms with Crippen LogP contribution in [0.2, 0.25) is 0 Å². The monoisotopic (exact) mass is 350 g/mol. The first-order chi connectivity index (χ1) is 11.7. The Morgan fingerprint density at radius 3 is 2.64 bits per heavy atom. The van der Waals surface area contributed by atoms with E-state index in [1.165, 1.54) is 0 Å². The largest absolute Gasteiger partial charge is 0.459 e. The lowest BCUT2D eigenvalue weighted by Crippen LogP contribution is -2.57. The van der Waals surface area contributed by atoms with Crippen LogP contribution in [-0.4, -0.2) is 46.7 Å². The molecule has 0 aromatic heterocycles. The molecule has 5 heteroatoms. The zero-order valence-corrected chi connectivity index (χ0v) is 15.2. The minimum absolute atomic E-state index is 0.0280. The van der Waals surface area contributed by atoms with E-state index in [1.54, 1.807) is 0 Å². The summed E-state index contributed by atoms with van der Waals surface area (Å²) >= 11 is 0. The van der Waals surface area contributed by atoms with Crippen LogP contribution >= 0.6 is 0 Å². The van der Waals surface area contributed by atoms with E-state index in [4.69, 9.17) is 4.74 Å². The molecule has 1 aliphatic heterocycles. The van der Waals surface area contributed by atoms with Gasteiger partial charge in [0.2, 0.25) is 0 Å². The van der Waals surface area contributed by atoms with Crippen LogP contribution < -0.4 is 0 Å². The van der Waals surface area contributed by atoms with Gasteiger partial charge in [-0.05, 0) is 49.4 Å². The minimum Gasteiger partial charge on any atom is -0.459 e. The predicted molar refractivity (Wildman–Crippen MR) is 93.6 cm³/mol. The summed E-state index contributed by atoms with van der Waals surface area (Å²) in [5, 5.41) is 30.4. The summed E-state index contributed by atoms with van der Waals surface area (Å²) in [7, 11) is 0. The first-order valence-corrected chi connectivity index (χ1v) is 9.26. The summed E-state index contributed by atoms with van der Waals surface area (Å²) < 4.78 is 4.90. The number of ether oxygens (including phenoxy) is 1. The summed E-state index contributed by atoms with van der Waals surface area (Å²) in [6.45, 7) is 8.50. The lowest BCUT2D eigenvalue weighted by Gasteiger charge is -2.59. The number of allylic oxidation sites excluding steroid dienone is 2. The van der Waals surface area contributed by atoms with Crippen LogP contribution in [0.25, 0.3) is 0 Å². The molecule has 3 fully saturated rings. The molecule has 0 bridgehead atoms. The summed E-state index contributed by atoms with van der Waals surface area (Å²) in [6.07, 6.45) is 4.42. The molecule has 0 amide bonds. The van der Waals surface area contributed by atoms with Crippen molar-refractivity contribution in [3.8, 4) is 0 Å². The SMILES string of the molecule is C=C1CC[C@@H]2[C@](C)(CO)[C@@H](O)CC[C@@]2(C)[C@@H]1C/C=C1/C(=O)OC[C@@H]1O. The maximum atomic E-state index is 11.8. The van der Waals surface area contributed by atoms with Crippen LogP contribution in [0, 0.1) is 22.7 Å². The van der Waals surface area contributed by atoms with Crippen LogP contribution in [0.1, 0.15) is 46.0 Å². The van der Waals surface area contributed by atoms with Crippen LogP contribution in [0.5, 0.6) is 0 Å². The molecular formula is C20H30O5. The Morgan fingerprint density at radius 2 is 2.04 bits per heavy atom. The van der Waals surface area contributed by atoms with Gasteiger partial charge in [0.25, 0.3) is 0 Å². The fourth-order valence-electron chi connectivity index (χ4n) is 5.56. The molecule has 5 nitrogen and oxygen atoms in total. The highest BCUT2D eigenvalue weighted by molar-refractivity contribution is 5.91. The van der Waals surface area contributed by atoms with E-state index in [1.807, 2.05) is 13.0 Å². The van der Waals surface area contributed by atoms with E-state index in [-0.39, 0.29) is 30.5 Å². The fraction of sp³-hybridized carbons (Fsp3) is 0.750. The number of carbonyl (C=O) groups excluding carboxylic acids is 1. The number of fused-ring (bicyclic) bond motifs is 1. The van der Waals surface area contributed by atoms with Gasteiger partial charge in [-0.2, -0.15) is 0 Å². The van der Waals surface area contributed by atoms with Crippen molar-refractivity contribution in [3.63, 3.8) is 0 Å². The highest BCUT2D eigenvalue weighted by Gasteiger charge is 2.57. The number of hydrogen-bond acceptors (Lipinski definition) is 5. The Labute approximate surface area is 149 Å². The van der Waals surface area contributed by atoms with Crippen molar-refractivity contribution in [1.82, 2.24) is 0 Å². The smallest absolute Gasteiger partial charge is 0.336 e. The van der Waals surface area contributed by atoms with Crippen LogP contribution in [0.4, 0.5) is 0 Å². The van der Waals surface area contributed by atoms with Gasteiger partial charge in [-0.25, -0.2) is 4.79 Å². The lowest BCUT2D eigenvalue weighted by atomic mass is 9.46. The Hall–Kier alpha value is -1.17. The Bertz CT molecular complexity index is 597. The Balaban J connectivity index is 1.89. The highest BCUT2D eigenvalue weighted by atomic mass is 16.6. The number of carbonyl (C=O) groups is 1. The third-order valence-electron chi connectivity index (χ3n) is 7.23. The van der Waals surface area contributed by atoms with Gasteiger partial charge in [0, 0.05) is 5.41 Å². The van der Waals surface area contributed by atoms with Gasteiger partial charge >= 0.3 is 5.97 Å². The van der Waals surface area contributed by atoms with Gasteiger partial charge in [0.05, 0.1) is 18.3 Å². The first-order valence-electron chi connectivity index (χ1n) is 9.26. The van der Waals surface area contributed by atoms with Crippen molar-refractivity contribution in [1.29, 1.82) is 0 Å². The van der Waals surface area contributed by atoms with Gasteiger partial charge in [-0.15, -0.1) is 0 Å². The van der Waals surface area contributed by atoms with E-state index in [2.05, 4.69) is 13.5 Å². The van der Waals surface area contributed by atoms with Crippen molar-refractivity contribution in [2.45, 2.75) is 58.2 Å². The minimum atomic E-state index is -0.844. The topological polar surface area (TPSA) is 87.0 Å². The quantitative estimate of drug-likeness (QED) is 0.411. The van der Waals surface area contributed by atoms with Crippen molar-refractivity contribution in [2.75, 3.05) is 13.2 Å². The maximum absolute atomic E-state index is 11.8. The molecule has 3 aliphatic rings. The van der Waals surface area contributed by atoms with Gasteiger partial charge in [-0.3, -0.25) is 0 Å². The zero-order valence-electron chi connectivity index (χ0n) is 15.2.